The lowest BCUT2D eigenvalue weighted by molar-refractivity contribution is -0.104. The summed E-state index contributed by atoms with van der Waals surface area (Å²) in [4.78, 5) is -0.216. The molecule has 1 heterocycles. The Morgan fingerprint density at radius 1 is 1.33 bits per heavy atom. The Morgan fingerprint density at radius 3 is 2.60 bits per heavy atom. The van der Waals surface area contributed by atoms with Crippen LogP contribution in [0.3, 0.4) is 0 Å². The van der Waals surface area contributed by atoms with Crippen molar-refractivity contribution in [2.75, 3.05) is 13.1 Å². The number of sulfonamides is 1. The molecule has 11 heteroatoms. The van der Waals surface area contributed by atoms with Gasteiger partial charge in [0.1, 0.15) is 34.2 Å². The Morgan fingerprint density at radius 2 is 2.03 bits per heavy atom. The molecule has 0 aliphatic carbocycles. The molecule has 1 aliphatic heterocycles. The zero-order chi connectivity index (χ0) is 22.3. The maximum absolute atomic E-state index is 13.9. The van der Waals surface area contributed by atoms with Gasteiger partial charge in [0.05, 0.1) is 23.2 Å². The molecule has 7 nitrogen and oxygen atoms in total. The van der Waals surface area contributed by atoms with Crippen LogP contribution in [0.5, 0.6) is 5.75 Å². The van der Waals surface area contributed by atoms with Crippen LogP contribution in [0.2, 0.25) is 10.0 Å². The Kier molecular flexibility index (Phi) is 6.30. The molecule has 30 heavy (non-hydrogen) atoms. The Hall–Kier alpha value is -1.93. The second-order valence-corrected chi connectivity index (χ2v) is 9.65. The van der Waals surface area contributed by atoms with Gasteiger partial charge in [-0.3, -0.25) is 0 Å². The van der Waals surface area contributed by atoms with E-state index in [2.05, 4.69) is 0 Å². The molecule has 3 atom stereocenters. The average Bonchev–Trinajstić information content (AvgIpc) is 3.00. The van der Waals surface area contributed by atoms with E-state index >= 15 is 0 Å². The van der Waals surface area contributed by atoms with Crippen LogP contribution in [0.4, 0.5) is 4.39 Å². The maximum Gasteiger partial charge on any atom is 0.244 e. The second kappa shape index (κ2) is 8.30. The van der Waals surface area contributed by atoms with E-state index < -0.39 is 40.2 Å². The third-order valence-corrected chi connectivity index (χ3v) is 7.46. The average molecular weight is 475 g/mol. The standard InChI is InChI=1S/C19H17Cl2FN2O5S/c1-11(25)19(26)10-24(30(27,28)17-5-3-13(20)6-15(17)21)9-18(19)29-14-4-2-12(8-23)16(22)7-14/h2-7,11,18,25-26H,9-10H2,1H3/t11?,18-,19+/m0/s1. The summed E-state index contributed by atoms with van der Waals surface area (Å²) in [5.74, 6) is -0.856. The molecule has 160 valence electrons. The number of benzene rings is 2. The first-order chi connectivity index (χ1) is 14.0. The molecule has 0 spiro atoms. The first-order valence-corrected chi connectivity index (χ1v) is 10.9. The van der Waals surface area contributed by atoms with Crippen molar-refractivity contribution >= 4 is 33.2 Å². The van der Waals surface area contributed by atoms with Gasteiger partial charge in [0.2, 0.25) is 10.0 Å². The van der Waals surface area contributed by atoms with Crippen molar-refractivity contribution in [3.63, 3.8) is 0 Å². The van der Waals surface area contributed by atoms with Crippen molar-refractivity contribution in [2.24, 2.45) is 0 Å². The summed E-state index contributed by atoms with van der Waals surface area (Å²) in [6.07, 6.45) is -2.59. The number of nitrogens with zero attached hydrogens (tertiary/aromatic N) is 2. The number of halogens is 3. The quantitative estimate of drug-likeness (QED) is 0.688. The van der Waals surface area contributed by atoms with E-state index in [4.69, 9.17) is 33.2 Å². The van der Waals surface area contributed by atoms with Gasteiger partial charge in [-0.1, -0.05) is 23.2 Å². The lowest BCUT2D eigenvalue weighted by Crippen LogP contribution is -2.53. The molecule has 0 bridgehead atoms. The number of aliphatic hydroxyl groups is 2. The minimum atomic E-state index is -4.16. The zero-order valence-corrected chi connectivity index (χ0v) is 17.9. The minimum Gasteiger partial charge on any atom is -0.486 e. The van der Waals surface area contributed by atoms with Crippen LogP contribution in [0.15, 0.2) is 41.3 Å². The molecule has 1 unspecified atom stereocenters. The monoisotopic (exact) mass is 474 g/mol. The van der Waals surface area contributed by atoms with Gasteiger partial charge in [-0.05, 0) is 37.3 Å². The molecule has 1 fully saturated rings. The summed E-state index contributed by atoms with van der Waals surface area (Å²) in [5.41, 5.74) is -2.17. The van der Waals surface area contributed by atoms with Gasteiger partial charge in [-0.25, -0.2) is 12.8 Å². The van der Waals surface area contributed by atoms with Crippen molar-refractivity contribution < 1.29 is 27.8 Å². The fourth-order valence-electron chi connectivity index (χ4n) is 3.16. The number of hydrogen-bond acceptors (Lipinski definition) is 6. The number of rotatable bonds is 5. The molecule has 0 amide bonds. The highest BCUT2D eigenvalue weighted by molar-refractivity contribution is 7.89. The topological polar surface area (TPSA) is 111 Å². The van der Waals surface area contributed by atoms with Gasteiger partial charge < -0.3 is 14.9 Å². The Bertz CT molecular complexity index is 1120. The van der Waals surface area contributed by atoms with Crippen molar-refractivity contribution in [3.05, 3.63) is 57.8 Å². The molecule has 0 aromatic heterocycles. The van der Waals surface area contributed by atoms with Gasteiger partial charge in [0.25, 0.3) is 0 Å². The third-order valence-electron chi connectivity index (χ3n) is 4.93. The molecule has 2 aromatic carbocycles. The largest absolute Gasteiger partial charge is 0.486 e. The van der Waals surface area contributed by atoms with Gasteiger partial charge >= 0.3 is 0 Å². The number of aliphatic hydroxyl groups excluding tert-OH is 1. The number of nitriles is 1. The highest BCUT2D eigenvalue weighted by Gasteiger charge is 2.54. The third kappa shape index (κ3) is 4.12. The predicted octanol–water partition coefficient (Wildman–Crippen LogP) is 2.57. The van der Waals surface area contributed by atoms with E-state index in [-0.39, 0.29) is 32.8 Å². The first-order valence-electron chi connectivity index (χ1n) is 8.71. The molecule has 0 radical (unpaired) electrons. The normalized spacial score (nSPS) is 23.2. The van der Waals surface area contributed by atoms with E-state index in [1.165, 1.54) is 37.3 Å². The molecular weight excluding hydrogens is 458 g/mol. The Labute approximate surface area is 182 Å². The summed E-state index contributed by atoms with van der Waals surface area (Å²) in [5, 5.41) is 30.1. The van der Waals surface area contributed by atoms with Crippen LogP contribution in [0, 0.1) is 17.1 Å². The van der Waals surface area contributed by atoms with Crippen LogP contribution >= 0.6 is 23.2 Å². The molecule has 0 saturated carbocycles. The minimum absolute atomic E-state index is 0.0284. The summed E-state index contributed by atoms with van der Waals surface area (Å²) in [7, 11) is -4.16. The second-order valence-electron chi connectivity index (χ2n) is 6.90. The molecule has 1 saturated heterocycles. The fraction of sp³-hybridized carbons (Fsp3) is 0.316. The van der Waals surface area contributed by atoms with E-state index in [9.17, 15) is 23.0 Å². The van der Waals surface area contributed by atoms with E-state index in [1.807, 2.05) is 0 Å². The number of β-amino-alcohol motifs (C(OH)–C–C–N with tert-alkyl or cyclic N) is 1. The summed E-state index contributed by atoms with van der Waals surface area (Å²) < 4.78 is 46.6. The lowest BCUT2D eigenvalue weighted by atomic mass is 9.94. The fourth-order valence-corrected chi connectivity index (χ4v) is 5.40. The predicted molar refractivity (Wildman–Crippen MR) is 107 cm³/mol. The summed E-state index contributed by atoms with van der Waals surface area (Å²) in [6.45, 7) is 0.487. The number of ether oxygens (including phenoxy) is 1. The molecule has 2 N–H and O–H groups in total. The van der Waals surface area contributed by atoms with Crippen LogP contribution < -0.4 is 4.74 Å². The smallest absolute Gasteiger partial charge is 0.244 e. The van der Waals surface area contributed by atoms with Crippen molar-refractivity contribution in [3.8, 4) is 11.8 Å². The van der Waals surface area contributed by atoms with E-state index in [0.717, 1.165) is 10.4 Å². The van der Waals surface area contributed by atoms with Crippen LogP contribution in [0.25, 0.3) is 0 Å². The van der Waals surface area contributed by atoms with Crippen molar-refractivity contribution in [1.82, 2.24) is 4.31 Å². The highest BCUT2D eigenvalue weighted by Crippen LogP contribution is 2.35. The van der Waals surface area contributed by atoms with Crippen LogP contribution in [-0.4, -0.2) is 53.8 Å². The molecule has 3 rings (SSSR count). The van der Waals surface area contributed by atoms with Gasteiger partial charge in [0, 0.05) is 17.6 Å². The van der Waals surface area contributed by atoms with Crippen molar-refractivity contribution in [2.45, 2.75) is 29.6 Å². The van der Waals surface area contributed by atoms with Crippen LogP contribution in [0.1, 0.15) is 12.5 Å². The number of hydrogen-bond donors (Lipinski definition) is 2. The van der Waals surface area contributed by atoms with Crippen LogP contribution in [-0.2, 0) is 10.0 Å². The van der Waals surface area contributed by atoms with Gasteiger partial charge in [-0.2, -0.15) is 9.57 Å². The van der Waals surface area contributed by atoms with E-state index in [1.54, 1.807) is 6.07 Å². The van der Waals surface area contributed by atoms with Gasteiger partial charge in [-0.15, -0.1) is 0 Å². The maximum atomic E-state index is 13.9. The zero-order valence-electron chi connectivity index (χ0n) is 15.6. The summed E-state index contributed by atoms with van der Waals surface area (Å²) >= 11 is 11.9. The molecular formula is C19H17Cl2FN2O5S. The molecule has 2 aromatic rings. The summed E-state index contributed by atoms with van der Waals surface area (Å²) in [6, 6.07) is 9.03. The highest BCUT2D eigenvalue weighted by atomic mass is 35.5. The van der Waals surface area contributed by atoms with Gasteiger partial charge in [0.15, 0.2) is 0 Å². The SMILES string of the molecule is CC(O)[C@]1(O)CN(S(=O)(=O)c2ccc(Cl)cc2Cl)C[C@@H]1Oc1ccc(C#N)c(F)c1. The lowest BCUT2D eigenvalue weighted by Gasteiger charge is -2.31. The first kappa shape index (κ1) is 22.7. The van der Waals surface area contributed by atoms with E-state index in [0.29, 0.717) is 0 Å². The Balaban J connectivity index is 1.93. The molecule has 1 aliphatic rings. The van der Waals surface area contributed by atoms with Crippen molar-refractivity contribution in [1.29, 1.82) is 5.26 Å².